The topological polar surface area (TPSA) is 76.4 Å². The number of rotatable bonds is 7. The van der Waals surface area contributed by atoms with Gasteiger partial charge < -0.3 is 9.47 Å². The molecule has 0 aliphatic heterocycles. The van der Waals surface area contributed by atoms with Crippen LogP contribution in [0.25, 0.3) is 6.08 Å². The predicted octanol–water partition coefficient (Wildman–Crippen LogP) is 5.19. The monoisotopic (exact) mass is 415 g/mol. The Morgan fingerprint density at radius 1 is 0.967 bits per heavy atom. The summed E-state index contributed by atoms with van der Waals surface area (Å²) in [6.07, 6.45) is 5.68. The number of benzene rings is 2. The lowest BCUT2D eigenvalue weighted by Crippen LogP contribution is -2.09. The molecule has 0 radical (unpaired) electrons. The Hall–Kier alpha value is -3.95. The van der Waals surface area contributed by atoms with Crippen molar-refractivity contribution in [2.24, 2.45) is 0 Å². The molecule has 0 bridgehead atoms. The van der Waals surface area contributed by atoms with Gasteiger partial charge in [0.25, 0.3) is 0 Å². The third-order valence-electron chi connectivity index (χ3n) is 3.91. The lowest BCUT2D eigenvalue weighted by Gasteiger charge is -2.05. The molecule has 0 saturated carbocycles. The standard InChI is InChI=1S/C24H17NO4S/c1-2-3-21-12-13-22(30-21)14-15-23(26)28-19-10-6-18(7-11-19)24(27)29-20-8-4-17(16-25)5-9-20/h2,4-15H,1,3H2. The lowest BCUT2D eigenvalue weighted by atomic mass is 10.2. The van der Waals surface area contributed by atoms with Crippen LogP contribution in [0.1, 0.15) is 25.7 Å². The van der Waals surface area contributed by atoms with Gasteiger partial charge in [-0.1, -0.05) is 6.08 Å². The van der Waals surface area contributed by atoms with Gasteiger partial charge in [0.1, 0.15) is 11.5 Å². The zero-order chi connectivity index (χ0) is 21.3. The van der Waals surface area contributed by atoms with Crippen molar-refractivity contribution in [2.75, 3.05) is 0 Å². The SMILES string of the molecule is C=CCc1ccc(C=CC(=O)Oc2ccc(C(=O)Oc3ccc(C#N)cc3)cc2)s1. The molecule has 2 aromatic carbocycles. The van der Waals surface area contributed by atoms with Crippen LogP contribution in [0.2, 0.25) is 0 Å². The van der Waals surface area contributed by atoms with Crippen molar-refractivity contribution in [1.29, 1.82) is 5.26 Å². The second-order valence-electron chi connectivity index (χ2n) is 6.10. The van der Waals surface area contributed by atoms with Gasteiger partial charge in [-0.15, -0.1) is 17.9 Å². The number of carbonyl (C=O) groups is 2. The maximum Gasteiger partial charge on any atom is 0.343 e. The first kappa shape index (κ1) is 20.8. The molecule has 3 rings (SSSR count). The molecule has 0 fully saturated rings. The van der Waals surface area contributed by atoms with Gasteiger partial charge in [0.2, 0.25) is 0 Å². The van der Waals surface area contributed by atoms with Crippen LogP contribution in [0.4, 0.5) is 0 Å². The van der Waals surface area contributed by atoms with E-state index in [0.717, 1.165) is 11.3 Å². The maximum absolute atomic E-state index is 12.2. The Morgan fingerprint density at radius 3 is 2.30 bits per heavy atom. The van der Waals surface area contributed by atoms with Crippen molar-refractivity contribution in [3.05, 3.63) is 100 Å². The number of esters is 2. The van der Waals surface area contributed by atoms with Crippen molar-refractivity contribution in [2.45, 2.75) is 6.42 Å². The van der Waals surface area contributed by atoms with Gasteiger partial charge in [-0.3, -0.25) is 0 Å². The fourth-order valence-electron chi connectivity index (χ4n) is 2.46. The highest BCUT2D eigenvalue weighted by atomic mass is 32.1. The molecule has 1 aromatic heterocycles. The summed E-state index contributed by atoms with van der Waals surface area (Å²) in [5, 5.41) is 8.79. The van der Waals surface area contributed by atoms with Crippen LogP contribution in [-0.4, -0.2) is 11.9 Å². The normalized spacial score (nSPS) is 10.4. The third-order valence-corrected chi connectivity index (χ3v) is 4.99. The number of thiophene rings is 1. The van der Waals surface area contributed by atoms with Crippen molar-refractivity contribution in [3.8, 4) is 17.6 Å². The Labute approximate surface area is 178 Å². The predicted molar refractivity (Wildman–Crippen MR) is 115 cm³/mol. The molecule has 0 spiro atoms. The number of hydrogen-bond acceptors (Lipinski definition) is 6. The Morgan fingerprint density at radius 2 is 1.63 bits per heavy atom. The van der Waals surface area contributed by atoms with Gasteiger partial charge in [0, 0.05) is 15.8 Å². The van der Waals surface area contributed by atoms with Crippen molar-refractivity contribution in [1.82, 2.24) is 0 Å². The first-order valence-corrected chi connectivity index (χ1v) is 9.81. The van der Waals surface area contributed by atoms with Gasteiger partial charge in [0.15, 0.2) is 0 Å². The number of nitriles is 1. The van der Waals surface area contributed by atoms with Gasteiger partial charge in [-0.2, -0.15) is 5.26 Å². The molecule has 0 N–H and O–H groups in total. The molecule has 0 aliphatic rings. The first-order valence-electron chi connectivity index (χ1n) is 8.99. The third kappa shape index (κ3) is 5.77. The number of ether oxygens (including phenoxy) is 2. The Kier molecular flexibility index (Phi) is 6.93. The molecule has 3 aromatic rings. The molecule has 0 atom stereocenters. The van der Waals surface area contributed by atoms with Crippen molar-refractivity contribution >= 4 is 29.4 Å². The first-order chi connectivity index (χ1) is 14.6. The quantitative estimate of drug-likeness (QED) is 0.230. The minimum Gasteiger partial charge on any atom is -0.423 e. The summed E-state index contributed by atoms with van der Waals surface area (Å²) in [5.41, 5.74) is 0.786. The highest BCUT2D eigenvalue weighted by Crippen LogP contribution is 2.19. The summed E-state index contributed by atoms with van der Waals surface area (Å²) in [4.78, 5) is 26.3. The van der Waals surface area contributed by atoms with Crippen LogP contribution in [-0.2, 0) is 11.2 Å². The van der Waals surface area contributed by atoms with E-state index in [0.29, 0.717) is 22.6 Å². The summed E-state index contributed by atoms with van der Waals surface area (Å²) >= 11 is 1.58. The summed E-state index contributed by atoms with van der Waals surface area (Å²) in [5.74, 6) is -0.408. The second kappa shape index (κ2) is 10.0. The fourth-order valence-corrected chi connectivity index (χ4v) is 3.37. The number of nitrogens with zero attached hydrogens (tertiary/aromatic N) is 1. The van der Waals surface area contributed by atoms with E-state index in [1.165, 1.54) is 35.2 Å². The number of carbonyl (C=O) groups excluding carboxylic acids is 2. The van der Waals surface area contributed by atoms with Crippen LogP contribution in [0, 0.1) is 11.3 Å². The van der Waals surface area contributed by atoms with Crippen molar-refractivity contribution < 1.29 is 19.1 Å². The fraction of sp³-hybridized carbons (Fsp3) is 0.0417. The largest absolute Gasteiger partial charge is 0.423 e. The molecule has 0 saturated heterocycles. The van der Waals surface area contributed by atoms with E-state index in [1.54, 1.807) is 41.7 Å². The van der Waals surface area contributed by atoms with E-state index >= 15 is 0 Å². The van der Waals surface area contributed by atoms with Gasteiger partial charge in [0.05, 0.1) is 17.2 Å². The van der Waals surface area contributed by atoms with E-state index in [4.69, 9.17) is 14.7 Å². The molecule has 6 heteroatoms. The Bertz CT molecular complexity index is 1120. The highest BCUT2D eigenvalue weighted by molar-refractivity contribution is 7.12. The molecular formula is C24H17NO4S. The van der Waals surface area contributed by atoms with E-state index < -0.39 is 11.9 Å². The van der Waals surface area contributed by atoms with Gasteiger partial charge in [-0.05, 0) is 73.2 Å². The summed E-state index contributed by atoms with van der Waals surface area (Å²) in [7, 11) is 0. The van der Waals surface area contributed by atoms with E-state index in [-0.39, 0.29) is 0 Å². The molecule has 5 nitrogen and oxygen atoms in total. The number of hydrogen-bond donors (Lipinski definition) is 0. The maximum atomic E-state index is 12.2. The van der Waals surface area contributed by atoms with Gasteiger partial charge in [-0.25, -0.2) is 9.59 Å². The molecule has 0 aliphatic carbocycles. The van der Waals surface area contributed by atoms with Crippen LogP contribution in [0.3, 0.4) is 0 Å². The Balaban J connectivity index is 1.55. The van der Waals surface area contributed by atoms with Crippen molar-refractivity contribution in [3.63, 3.8) is 0 Å². The minimum absolute atomic E-state index is 0.308. The van der Waals surface area contributed by atoms with Crippen LogP contribution in [0.15, 0.2) is 79.4 Å². The minimum atomic E-state index is -0.550. The highest BCUT2D eigenvalue weighted by Gasteiger charge is 2.10. The second-order valence-corrected chi connectivity index (χ2v) is 7.30. The summed E-state index contributed by atoms with van der Waals surface area (Å²) in [6.45, 7) is 3.71. The molecule has 0 amide bonds. The molecule has 30 heavy (non-hydrogen) atoms. The van der Waals surface area contributed by atoms with Gasteiger partial charge >= 0.3 is 11.9 Å². The smallest absolute Gasteiger partial charge is 0.343 e. The molecule has 148 valence electrons. The zero-order valence-electron chi connectivity index (χ0n) is 15.9. The molecule has 1 heterocycles. The number of allylic oxidation sites excluding steroid dienone is 1. The summed E-state index contributed by atoms with van der Waals surface area (Å²) in [6, 6.07) is 18.2. The van der Waals surface area contributed by atoms with E-state index in [9.17, 15) is 9.59 Å². The van der Waals surface area contributed by atoms with Crippen LogP contribution < -0.4 is 9.47 Å². The average Bonchev–Trinajstić information content (AvgIpc) is 3.21. The van der Waals surface area contributed by atoms with Crippen LogP contribution in [0.5, 0.6) is 11.5 Å². The van der Waals surface area contributed by atoms with Crippen LogP contribution >= 0.6 is 11.3 Å². The van der Waals surface area contributed by atoms with E-state index in [2.05, 4.69) is 6.58 Å². The average molecular weight is 415 g/mol. The molecular weight excluding hydrogens is 398 g/mol. The molecule has 0 unspecified atom stereocenters. The lowest BCUT2D eigenvalue weighted by molar-refractivity contribution is -0.128. The zero-order valence-corrected chi connectivity index (χ0v) is 16.7. The van der Waals surface area contributed by atoms with E-state index in [1.807, 2.05) is 24.3 Å². The summed E-state index contributed by atoms with van der Waals surface area (Å²) < 4.78 is 10.5.